The third kappa shape index (κ3) is 3.93. The lowest BCUT2D eigenvalue weighted by Crippen LogP contribution is -2.18. The first kappa shape index (κ1) is 17.3. The maximum absolute atomic E-state index is 12.5. The summed E-state index contributed by atoms with van der Waals surface area (Å²) in [6.07, 6.45) is 8.05. The number of aliphatic hydroxyl groups is 1. The van der Waals surface area contributed by atoms with Gasteiger partial charge in [-0.05, 0) is 37.8 Å². The predicted molar refractivity (Wildman–Crippen MR) is 98.5 cm³/mol. The molecule has 1 aromatic heterocycles. The highest BCUT2D eigenvalue weighted by Gasteiger charge is 2.19. The molecule has 1 saturated carbocycles. The van der Waals surface area contributed by atoms with Crippen LogP contribution in [0.1, 0.15) is 45.4 Å². The average Bonchev–Trinajstić information content (AvgIpc) is 2.86. The van der Waals surface area contributed by atoms with Gasteiger partial charge in [0, 0.05) is 24.5 Å². The molecule has 0 bridgehead atoms. The van der Waals surface area contributed by atoms with E-state index in [0.717, 1.165) is 29.4 Å². The van der Waals surface area contributed by atoms with Crippen molar-refractivity contribution < 1.29 is 9.90 Å². The Balaban J connectivity index is 1.81. The molecule has 1 aliphatic carbocycles. The van der Waals surface area contributed by atoms with Crippen LogP contribution in [0.25, 0.3) is 10.9 Å². The van der Waals surface area contributed by atoms with Crippen LogP contribution in [-0.4, -0.2) is 21.7 Å². The van der Waals surface area contributed by atoms with Crippen molar-refractivity contribution in [3.05, 3.63) is 29.4 Å². The maximum atomic E-state index is 12.5. The SMILES string of the molecule is CC(O)Cn1cc(NC(=O)CC2CCCCC2)c2c(Cl)cccc21. The van der Waals surface area contributed by atoms with Gasteiger partial charge < -0.3 is 15.0 Å². The fourth-order valence-corrected chi connectivity index (χ4v) is 3.97. The molecule has 5 heteroatoms. The van der Waals surface area contributed by atoms with E-state index in [9.17, 15) is 9.90 Å². The van der Waals surface area contributed by atoms with Crippen LogP contribution in [0.2, 0.25) is 5.02 Å². The highest BCUT2D eigenvalue weighted by Crippen LogP contribution is 2.33. The number of carbonyl (C=O) groups excluding carboxylic acids is 1. The van der Waals surface area contributed by atoms with E-state index in [4.69, 9.17) is 11.6 Å². The number of nitrogens with one attached hydrogen (secondary N) is 1. The van der Waals surface area contributed by atoms with E-state index in [0.29, 0.717) is 23.9 Å². The summed E-state index contributed by atoms with van der Waals surface area (Å²) in [6.45, 7) is 2.22. The molecule has 1 aliphatic rings. The van der Waals surface area contributed by atoms with Crippen molar-refractivity contribution in [1.29, 1.82) is 0 Å². The van der Waals surface area contributed by atoms with E-state index in [1.807, 2.05) is 29.0 Å². The summed E-state index contributed by atoms with van der Waals surface area (Å²) in [6, 6.07) is 5.67. The van der Waals surface area contributed by atoms with Gasteiger partial charge in [-0.1, -0.05) is 36.9 Å². The van der Waals surface area contributed by atoms with E-state index in [2.05, 4.69) is 5.32 Å². The normalized spacial score (nSPS) is 17.1. The minimum Gasteiger partial charge on any atom is -0.392 e. The predicted octanol–water partition coefficient (Wildman–Crippen LogP) is 4.58. The van der Waals surface area contributed by atoms with Gasteiger partial charge in [-0.25, -0.2) is 0 Å². The lowest BCUT2D eigenvalue weighted by molar-refractivity contribution is -0.117. The number of hydrogen-bond acceptors (Lipinski definition) is 2. The van der Waals surface area contributed by atoms with Gasteiger partial charge in [-0.15, -0.1) is 0 Å². The molecule has 1 atom stereocenters. The van der Waals surface area contributed by atoms with Crippen molar-refractivity contribution in [2.24, 2.45) is 5.92 Å². The summed E-state index contributed by atoms with van der Waals surface area (Å²) in [5, 5.41) is 14.2. The lowest BCUT2D eigenvalue weighted by atomic mass is 9.87. The van der Waals surface area contributed by atoms with E-state index in [-0.39, 0.29) is 5.91 Å². The zero-order valence-corrected chi connectivity index (χ0v) is 14.9. The Labute approximate surface area is 147 Å². The number of amides is 1. The van der Waals surface area contributed by atoms with Gasteiger partial charge in [0.2, 0.25) is 5.91 Å². The Bertz CT molecular complexity index is 717. The molecule has 0 spiro atoms. The molecule has 130 valence electrons. The number of aromatic nitrogens is 1. The molecular formula is C19H25ClN2O2. The summed E-state index contributed by atoms with van der Waals surface area (Å²) in [5.41, 5.74) is 1.66. The quantitative estimate of drug-likeness (QED) is 0.830. The standard InChI is InChI=1S/C19H25ClN2O2/c1-13(23)11-22-12-16(19-15(20)8-5-9-17(19)22)21-18(24)10-14-6-3-2-4-7-14/h5,8-9,12-14,23H,2-4,6-7,10-11H2,1H3,(H,21,24). The highest BCUT2D eigenvalue weighted by molar-refractivity contribution is 6.36. The van der Waals surface area contributed by atoms with Crippen LogP contribution < -0.4 is 5.32 Å². The smallest absolute Gasteiger partial charge is 0.224 e. The van der Waals surface area contributed by atoms with Crippen LogP contribution in [0.15, 0.2) is 24.4 Å². The molecule has 0 aliphatic heterocycles. The zero-order valence-electron chi connectivity index (χ0n) is 14.1. The number of halogens is 1. The third-order valence-corrected chi connectivity index (χ3v) is 5.10. The highest BCUT2D eigenvalue weighted by atomic mass is 35.5. The number of anilines is 1. The molecule has 0 radical (unpaired) electrons. The first-order valence-electron chi connectivity index (χ1n) is 8.80. The molecule has 1 unspecified atom stereocenters. The number of benzene rings is 1. The minimum atomic E-state index is -0.467. The van der Waals surface area contributed by atoms with Gasteiger partial charge in [0.15, 0.2) is 0 Å². The van der Waals surface area contributed by atoms with Crippen molar-refractivity contribution in [3.8, 4) is 0 Å². The van der Waals surface area contributed by atoms with Crippen molar-refractivity contribution >= 4 is 34.1 Å². The maximum Gasteiger partial charge on any atom is 0.224 e. The van der Waals surface area contributed by atoms with Crippen LogP contribution >= 0.6 is 11.6 Å². The van der Waals surface area contributed by atoms with Crippen molar-refractivity contribution in [1.82, 2.24) is 4.57 Å². The molecule has 24 heavy (non-hydrogen) atoms. The molecule has 2 N–H and O–H groups in total. The topological polar surface area (TPSA) is 54.3 Å². The first-order valence-corrected chi connectivity index (χ1v) is 9.17. The Kier molecular flexibility index (Phi) is 5.47. The second-order valence-corrected chi connectivity index (χ2v) is 7.34. The molecule has 3 rings (SSSR count). The van der Waals surface area contributed by atoms with E-state index < -0.39 is 6.10 Å². The Morgan fingerprint density at radius 2 is 2.12 bits per heavy atom. The Morgan fingerprint density at radius 1 is 1.38 bits per heavy atom. The fraction of sp³-hybridized carbons (Fsp3) is 0.526. The number of aliphatic hydroxyl groups excluding tert-OH is 1. The number of nitrogens with zero attached hydrogens (tertiary/aromatic N) is 1. The zero-order chi connectivity index (χ0) is 17.1. The van der Waals surface area contributed by atoms with E-state index in [1.165, 1.54) is 19.3 Å². The molecule has 1 amide bonds. The van der Waals surface area contributed by atoms with Crippen molar-refractivity contribution in [2.45, 2.75) is 58.1 Å². The third-order valence-electron chi connectivity index (χ3n) is 4.79. The summed E-state index contributed by atoms with van der Waals surface area (Å²) in [7, 11) is 0. The Hall–Kier alpha value is -1.52. The second-order valence-electron chi connectivity index (χ2n) is 6.93. The molecule has 1 heterocycles. The van der Waals surface area contributed by atoms with Gasteiger partial charge in [0.25, 0.3) is 0 Å². The molecule has 1 fully saturated rings. The van der Waals surface area contributed by atoms with Crippen LogP contribution in [0.5, 0.6) is 0 Å². The van der Waals surface area contributed by atoms with Gasteiger partial charge >= 0.3 is 0 Å². The average molecular weight is 349 g/mol. The first-order chi connectivity index (χ1) is 11.5. The number of fused-ring (bicyclic) bond motifs is 1. The number of carbonyl (C=O) groups is 1. The number of rotatable bonds is 5. The summed E-state index contributed by atoms with van der Waals surface area (Å²) < 4.78 is 1.95. The number of hydrogen-bond donors (Lipinski definition) is 2. The van der Waals surface area contributed by atoms with Crippen LogP contribution in [0.3, 0.4) is 0 Å². The largest absolute Gasteiger partial charge is 0.392 e. The van der Waals surface area contributed by atoms with Gasteiger partial charge in [-0.3, -0.25) is 4.79 Å². The van der Waals surface area contributed by atoms with Gasteiger partial charge in [-0.2, -0.15) is 0 Å². The monoisotopic (exact) mass is 348 g/mol. The van der Waals surface area contributed by atoms with Gasteiger partial charge in [0.1, 0.15) is 0 Å². The lowest BCUT2D eigenvalue weighted by Gasteiger charge is -2.20. The molecule has 0 saturated heterocycles. The second kappa shape index (κ2) is 7.58. The summed E-state index contributed by atoms with van der Waals surface area (Å²) in [4.78, 5) is 12.5. The minimum absolute atomic E-state index is 0.0536. The van der Waals surface area contributed by atoms with E-state index >= 15 is 0 Å². The van der Waals surface area contributed by atoms with Crippen molar-refractivity contribution in [3.63, 3.8) is 0 Å². The van der Waals surface area contributed by atoms with E-state index in [1.54, 1.807) is 6.92 Å². The van der Waals surface area contributed by atoms with Gasteiger partial charge in [0.05, 0.1) is 22.3 Å². The molecular weight excluding hydrogens is 324 g/mol. The van der Waals surface area contributed by atoms with Crippen LogP contribution in [0.4, 0.5) is 5.69 Å². The molecule has 4 nitrogen and oxygen atoms in total. The molecule has 1 aromatic carbocycles. The fourth-order valence-electron chi connectivity index (χ4n) is 3.69. The van der Waals surface area contributed by atoms with Crippen LogP contribution in [0, 0.1) is 5.92 Å². The van der Waals surface area contributed by atoms with Crippen molar-refractivity contribution in [2.75, 3.05) is 5.32 Å². The summed E-state index contributed by atoms with van der Waals surface area (Å²) >= 11 is 6.36. The van der Waals surface area contributed by atoms with Crippen LogP contribution in [-0.2, 0) is 11.3 Å². The Morgan fingerprint density at radius 3 is 2.83 bits per heavy atom. The summed E-state index contributed by atoms with van der Waals surface area (Å²) in [5.74, 6) is 0.554. The molecule has 2 aromatic rings.